The third kappa shape index (κ3) is 3.40. The number of hydrogen-bond donors (Lipinski definition) is 0. The fraction of sp³-hybridized carbons (Fsp3) is 0.500. The zero-order valence-electron chi connectivity index (χ0n) is 16.1. The third-order valence-electron chi connectivity index (χ3n) is 6.63. The van der Waals surface area contributed by atoms with Gasteiger partial charge in [-0.05, 0) is 68.7 Å². The highest BCUT2D eigenvalue weighted by Crippen LogP contribution is 2.46. The van der Waals surface area contributed by atoms with Crippen LogP contribution in [0.25, 0.3) is 0 Å². The molecule has 0 amide bonds. The van der Waals surface area contributed by atoms with Gasteiger partial charge in [0.15, 0.2) is 0 Å². The molecule has 0 aliphatic carbocycles. The van der Waals surface area contributed by atoms with E-state index in [2.05, 4.69) is 58.3 Å². The number of nitrogens with zero attached hydrogens (tertiary/aromatic N) is 2. The third-order valence-corrected chi connectivity index (χ3v) is 6.63. The minimum atomic E-state index is 0.639. The first-order valence-electron chi connectivity index (χ1n) is 10.7. The van der Waals surface area contributed by atoms with Crippen LogP contribution >= 0.6 is 0 Å². The summed E-state index contributed by atoms with van der Waals surface area (Å²) >= 11 is 0. The average molecular weight is 363 g/mol. The lowest BCUT2D eigenvalue weighted by atomic mass is 10.0. The Morgan fingerprint density at radius 1 is 0.815 bits per heavy atom. The smallest absolute Gasteiger partial charge is 0.143 e. The summed E-state index contributed by atoms with van der Waals surface area (Å²) in [4.78, 5) is 5.25. The van der Waals surface area contributed by atoms with Gasteiger partial charge in [0.05, 0.1) is 5.69 Å². The van der Waals surface area contributed by atoms with Crippen LogP contribution in [0.4, 0.5) is 11.4 Å². The molecule has 0 radical (unpaired) electrons. The Balaban J connectivity index is 1.44. The van der Waals surface area contributed by atoms with Gasteiger partial charge in [-0.1, -0.05) is 30.3 Å². The van der Waals surface area contributed by atoms with Crippen molar-refractivity contribution in [2.75, 3.05) is 22.9 Å². The molecule has 2 aromatic carbocycles. The van der Waals surface area contributed by atoms with Crippen LogP contribution in [0.3, 0.4) is 0 Å². The van der Waals surface area contributed by atoms with E-state index >= 15 is 0 Å². The Labute approximate surface area is 162 Å². The number of hydrogen-bond acceptors (Lipinski definition) is 3. The lowest BCUT2D eigenvalue weighted by Crippen LogP contribution is -2.31. The van der Waals surface area contributed by atoms with Gasteiger partial charge in [0, 0.05) is 30.9 Å². The van der Waals surface area contributed by atoms with Crippen molar-refractivity contribution in [2.24, 2.45) is 0 Å². The predicted octanol–water partition coefficient (Wildman–Crippen LogP) is 5.39. The van der Waals surface area contributed by atoms with E-state index in [4.69, 9.17) is 4.74 Å². The van der Waals surface area contributed by atoms with Crippen LogP contribution < -0.4 is 14.5 Å². The second kappa shape index (κ2) is 7.46. The van der Waals surface area contributed by atoms with Gasteiger partial charge >= 0.3 is 0 Å². The summed E-state index contributed by atoms with van der Waals surface area (Å²) in [5, 5.41) is 0. The zero-order chi connectivity index (χ0) is 18.1. The molecule has 0 saturated carbocycles. The quantitative estimate of drug-likeness (QED) is 0.709. The number of piperidine rings is 1. The van der Waals surface area contributed by atoms with Crippen LogP contribution in [-0.4, -0.2) is 25.2 Å². The SMILES string of the molecule is c1ccc(COc2ccc(N3CCCCC3)cc2N2C3CCC2CC3)cc1. The van der Waals surface area contributed by atoms with Crippen LogP contribution in [0, 0.1) is 0 Å². The molecule has 2 aromatic rings. The Bertz CT molecular complexity index is 749. The fourth-order valence-corrected chi connectivity index (χ4v) is 5.22. The Morgan fingerprint density at radius 2 is 1.52 bits per heavy atom. The van der Waals surface area contributed by atoms with E-state index in [0.717, 1.165) is 5.75 Å². The molecule has 3 aliphatic heterocycles. The minimum Gasteiger partial charge on any atom is -0.487 e. The van der Waals surface area contributed by atoms with E-state index in [1.165, 1.54) is 75.0 Å². The number of ether oxygens (including phenoxy) is 1. The first-order chi connectivity index (χ1) is 13.4. The number of benzene rings is 2. The van der Waals surface area contributed by atoms with E-state index < -0.39 is 0 Å². The standard InChI is InChI=1S/C24H30N2O/c1-3-7-19(8-4-1)18-27-24-14-13-22(25-15-5-2-6-16-25)17-23(24)26-20-9-10-21(26)12-11-20/h1,3-4,7-8,13-14,17,20-21H,2,5-6,9-12,15-16,18H2. The lowest BCUT2D eigenvalue weighted by Gasteiger charge is -2.32. The fourth-order valence-electron chi connectivity index (χ4n) is 5.22. The molecule has 27 heavy (non-hydrogen) atoms. The topological polar surface area (TPSA) is 15.7 Å². The average Bonchev–Trinajstić information content (AvgIpc) is 3.34. The highest BCUT2D eigenvalue weighted by Gasteiger charge is 2.40. The van der Waals surface area contributed by atoms with Gasteiger partial charge in [-0.15, -0.1) is 0 Å². The van der Waals surface area contributed by atoms with Gasteiger partial charge < -0.3 is 14.5 Å². The molecule has 3 nitrogen and oxygen atoms in total. The Kier molecular flexibility index (Phi) is 4.69. The normalized spacial score (nSPS) is 24.4. The summed E-state index contributed by atoms with van der Waals surface area (Å²) < 4.78 is 6.34. The van der Waals surface area contributed by atoms with Gasteiger partial charge in [0.25, 0.3) is 0 Å². The molecule has 3 fully saturated rings. The predicted molar refractivity (Wildman–Crippen MR) is 112 cm³/mol. The first-order valence-corrected chi connectivity index (χ1v) is 10.7. The Hall–Kier alpha value is -2.16. The molecule has 142 valence electrons. The molecule has 3 heterocycles. The van der Waals surface area contributed by atoms with Crippen molar-refractivity contribution in [3.8, 4) is 5.75 Å². The van der Waals surface area contributed by atoms with Crippen molar-refractivity contribution in [2.45, 2.75) is 63.6 Å². The lowest BCUT2D eigenvalue weighted by molar-refractivity contribution is 0.306. The molecule has 0 spiro atoms. The van der Waals surface area contributed by atoms with Crippen molar-refractivity contribution < 1.29 is 4.74 Å². The van der Waals surface area contributed by atoms with E-state index in [1.54, 1.807) is 0 Å². The molecule has 3 saturated heterocycles. The number of anilines is 2. The van der Waals surface area contributed by atoms with E-state index in [-0.39, 0.29) is 0 Å². The van der Waals surface area contributed by atoms with Crippen LogP contribution in [0.15, 0.2) is 48.5 Å². The summed E-state index contributed by atoms with van der Waals surface area (Å²) in [6.45, 7) is 3.02. The molecule has 0 N–H and O–H groups in total. The molecule has 2 bridgehead atoms. The van der Waals surface area contributed by atoms with Gasteiger partial charge in [0.2, 0.25) is 0 Å². The van der Waals surface area contributed by atoms with Gasteiger partial charge in [-0.2, -0.15) is 0 Å². The van der Waals surface area contributed by atoms with E-state index in [0.29, 0.717) is 18.7 Å². The second-order valence-corrected chi connectivity index (χ2v) is 8.34. The van der Waals surface area contributed by atoms with Crippen molar-refractivity contribution in [1.29, 1.82) is 0 Å². The van der Waals surface area contributed by atoms with Gasteiger partial charge in [0.1, 0.15) is 12.4 Å². The van der Waals surface area contributed by atoms with Gasteiger partial charge in [-0.25, -0.2) is 0 Å². The first kappa shape index (κ1) is 17.0. The summed E-state index contributed by atoms with van der Waals surface area (Å²) in [5.74, 6) is 1.05. The van der Waals surface area contributed by atoms with Crippen LogP contribution in [0.1, 0.15) is 50.5 Å². The maximum atomic E-state index is 6.34. The summed E-state index contributed by atoms with van der Waals surface area (Å²) in [6, 6.07) is 18.8. The largest absolute Gasteiger partial charge is 0.487 e. The van der Waals surface area contributed by atoms with Crippen molar-refractivity contribution in [3.63, 3.8) is 0 Å². The monoisotopic (exact) mass is 362 g/mol. The highest BCUT2D eigenvalue weighted by atomic mass is 16.5. The Morgan fingerprint density at radius 3 is 2.22 bits per heavy atom. The molecule has 0 unspecified atom stereocenters. The van der Waals surface area contributed by atoms with Gasteiger partial charge in [-0.3, -0.25) is 0 Å². The maximum Gasteiger partial charge on any atom is 0.143 e. The van der Waals surface area contributed by atoms with Crippen molar-refractivity contribution in [1.82, 2.24) is 0 Å². The highest BCUT2D eigenvalue weighted by molar-refractivity contribution is 5.69. The summed E-state index contributed by atoms with van der Waals surface area (Å²) in [7, 11) is 0. The molecule has 0 atom stereocenters. The molecular formula is C24H30N2O. The second-order valence-electron chi connectivity index (χ2n) is 8.34. The zero-order valence-corrected chi connectivity index (χ0v) is 16.1. The number of fused-ring (bicyclic) bond motifs is 2. The summed E-state index contributed by atoms with van der Waals surface area (Å²) in [5.41, 5.74) is 3.94. The molecule has 0 aromatic heterocycles. The van der Waals surface area contributed by atoms with Crippen LogP contribution in [-0.2, 0) is 6.61 Å². The molecular weight excluding hydrogens is 332 g/mol. The van der Waals surface area contributed by atoms with Crippen LogP contribution in [0.5, 0.6) is 5.75 Å². The molecule has 5 rings (SSSR count). The number of rotatable bonds is 5. The molecule has 3 heteroatoms. The summed E-state index contributed by atoms with van der Waals surface area (Å²) in [6.07, 6.45) is 9.38. The van der Waals surface area contributed by atoms with E-state index in [9.17, 15) is 0 Å². The van der Waals surface area contributed by atoms with Crippen molar-refractivity contribution in [3.05, 3.63) is 54.1 Å². The molecule has 3 aliphatic rings. The maximum absolute atomic E-state index is 6.34. The van der Waals surface area contributed by atoms with E-state index in [1.807, 2.05) is 0 Å². The minimum absolute atomic E-state index is 0.639. The van der Waals surface area contributed by atoms with Crippen LogP contribution in [0.2, 0.25) is 0 Å². The van der Waals surface area contributed by atoms with Crippen molar-refractivity contribution >= 4 is 11.4 Å².